The molecule has 0 unspecified atom stereocenters. The number of hydrogen-bond acceptors (Lipinski definition) is 4. The van der Waals surface area contributed by atoms with Gasteiger partial charge < -0.3 is 14.8 Å². The number of likely N-dealkylation sites (N-methyl/N-ethyl adjacent to an activating group) is 1. The molecular weight excluding hydrogens is 203 g/mol. The monoisotopic (exact) mass is 210 g/mol. The summed E-state index contributed by atoms with van der Waals surface area (Å²) in [6.07, 6.45) is -3.95. The van der Waals surface area contributed by atoms with Crippen molar-refractivity contribution in [2.75, 3.05) is 13.6 Å². The molecule has 0 saturated carbocycles. The van der Waals surface area contributed by atoms with Gasteiger partial charge in [0.15, 0.2) is 0 Å². The van der Waals surface area contributed by atoms with Gasteiger partial charge in [0.05, 0.1) is 12.5 Å². The van der Waals surface area contributed by atoms with Crippen LogP contribution < -0.4 is 5.11 Å². The van der Waals surface area contributed by atoms with Crippen molar-refractivity contribution < 1.29 is 27.9 Å². The van der Waals surface area contributed by atoms with Gasteiger partial charge in [-0.25, -0.2) is 0 Å². The quantitative estimate of drug-likeness (QED) is 0.576. The van der Waals surface area contributed by atoms with Gasteiger partial charge in [0.1, 0.15) is 0 Å². The number of carbonyl (C=O) groups is 2. The number of carbonyl (C=O) groups excluding carboxylic acids is 2. The molecule has 0 spiro atoms. The number of rotatable bonds is 4. The van der Waals surface area contributed by atoms with Crippen LogP contribution in [0.15, 0.2) is 12.3 Å². The SMILES string of the molecule is CN(/C=C/C(=O)C(F)(F)F)CC(=O)[O-]. The molecule has 0 atom stereocenters. The molecule has 0 aliphatic rings. The second-order valence-corrected chi connectivity index (χ2v) is 2.46. The average molecular weight is 210 g/mol. The van der Waals surface area contributed by atoms with Gasteiger partial charge in [-0.3, -0.25) is 4.79 Å². The third kappa shape index (κ3) is 5.18. The summed E-state index contributed by atoms with van der Waals surface area (Å²) in [5, 5.41) is 9.96. The zero-order valence-corrected chi connectivity index (χ0v) is 7.17. The van der Waals surface area contributed by atoms with E-state index in [1.807, 2.05) is 0 Å². The number of aliphatic carboxylic acids is 1. The van der Waals surface area contributed by atoms with Crippen LogP contribution in [-0.2, 0) is 9.59 Å². The maximum absolute atomic E-state index is 11.6. The number of carboxylic acids is 1. The summed E-state index contributed by atoms with van der Waals surface area (Å²) >= 11 is 0. The highest BCUT2D eigenvalue weighted by atomic mass is 19.4. The predicted octanol–water partition coefficient (Wildman–Crippen LogP) is -0.687. The summed E-state index contributed by atoms with van der Waals surface area (Å²) in [5.74, 6) is -3.49. The van der Waals surface area contributed by atoms with Crippen LogP contribution in [0.3, 0.4) is 0 Å². The Morgan fingerprint density at radius 3 is 2.29 bits per heavy atom. The molecule has 0 saturated heterocycles. The van der Waals surface area contributed by atoms with E-state index in [1.165, 1.54) is 7.05 Å². The molecule has 0 aromatic carbocycles. The summed E-state index contributed by atoms with van der Waals surface area (Å²) in [6.45, 7) is -0.582. The number of alkyl halides is 3. The van der Waals surface area contributed by atoms with Crippen molar-refractivity contribution in [3.63, 3.8) is 0 Å². The minimum absolute atomic E-state index is 0.253. The first-order valence-electron chi connectivity index (χ1n) is 3.43. The topological polar surface area (TPSA) is 60.4 Å². The molecule has 0 amide bonds. The summed E-state index contributed by atoms with van der Waals surface area (Å²) in [6, 6.07) is 0. The van der Waals surface area contributed by atoms with Crippen LogP contribution in [0.1, 0.15) is 0 Å². The van der Waals surface area contributed by atoms with Crippen LogP contribution >= 0.6 is 0 Å². The van der Waals surface area contributed by atoms with Crippen molar-refractivity contribution in [1.29, 1.82) is 0 Å². The van der Waals surface area contributed by atoms with Crippen molar-refractivity contribution in [1.82, 2.24) is 4.90 Å². The molecule has 0 fully saturated rings. The first-order valence-corrected chi connectivity index (χ1v) is 3.43. The van der Waals surface area contributed by atoms with Gasteiger partial charge in [0, 0.05) is 19.3 Å². The van der Waals surface area contributed by atoms with E-state index in [1.54, 1.807) is 0 Å². The molecule has 0 radical (unpaired) electrons. The lowest BCUT2D eigenvalue weighted by atomic mass is 10.4. The summed E-state index contributed by atoms with van der Waals surface area (Å²) in [4.78, 5) is 21.1. The minimum atomic E-state index is -4.93. The molecule has 0 aromatic rings. The van der Waals surface area contributed by atoms with Crippen LogP contribution in [0.5, 0.6) is 0 Å². The second-order valence-electron chi connectivity index (χ2n) is 2.46. The smallest absolute Gasteiger partial charge is 0.454 e. The van der Waals surface area contributed by atoms with Crippen molar-refractivity contribution >= 4 is 11.8 Å². The molecule has 14 heavy (non-hydrogen) atoms. The van der Waals surface area contributed by atoms with Gasteiger partial charge in [0.25, 0.3) is 5.78 Å². The van der Waals surface area contributed by atoms with E-state index in [0.717, 1.165) is 11.1 Å². The molecule has 80 valence electrons. The van der Waals surface area contributed by atoms with E-state index >= 15 is 0 Å². The van der Waals surface area contributed by atoms with E-state index in [-0.39, 0.29) is 6.08 Å². The van der Waals surface area contributed by atoms with E-state index in [9.17, 15) is 27.9 Å². The van der Waals surface area contributed by atoms with E-state index < -0.39 is 24.5 Å². The fraction of sp³-hybridized carbons (Fsp3) is 0.429. The largest absolute Gasteiger partial charge is 0.548 e. The second kappa shape index (κ2) is 4.64. The zero-order chi connectivity index (χ0) is 11.4. The lowest BCUT2D eigenvalue weighted by molar-refractivity contribution is -0.305. The maximum Gasteiger partial charge on any atom is 0.454 e. The van der Waals surface area contributed by atoms with Gasteiger partial charge in [-0.1, -0.05) is 0 Å². The van der Waals surface area contributed by atoms with Gasteiger partial charge in [-0.2, -0.15) is 13.2 Å². The van der Waals surface area contributed by atoms with Gasteiger partial charge in [0.2, 0.25) is 0 Å². The highest BCUT2D eigenvalue weighted by molar-refractivity contribution is 5.94. The molecule has 0 aromatic heterocycles. The third-order valence-corrected chi connectivity index (χ3v) is 1.14. The molecular formula is C7H7F3NO3-. The molecule has 0 aliphatic heterocycles. The number of carboxylic acid groups (broad SMARTS) is 1. The fourth-order valence-corrected chi connectivity index (χ4v) is 0.546. The Bertz CT molecular complexity index is 259. The van der Waals surface area contributed by atoms with Crippen LogP contribution in [-0.4, -0.2) is 36.4 Å². The standard InChI is InChI=1S/C7H8F3NO3/c1-11(4-6(13)14)3-2-5(12)7(8,9)10/h2-3H,4H2,1H3,(H,13,14)/p-1/b3-2+. The van der Waals surface area contributed by atoms with E-state index in [2.05, 4.69) is 0 Å². The molecule has 4 nitrogen and oxygen atoms in total. The molecule has 0 heterocycles. The number of ketones is 1. The maximum atomic E-state index is 11.6. The third-order valence-electron chi connectivity index (χ3n) is 1.14. The minimum Gasteiger partial charge on any atom is -0.548 e. The number of hydrogen-bond donors (Lipinski definition) is 0. The van der Waals surface area contributed by atoms with Crippen LogP contribution in [0.4, 0.5) is 13.2 Å². The lowest BCUT2D eigenvalue weighted by Crippen LogP contribution is -2.33. The first-order chi connectivity index (χ1) is 6.23. The Kier molecular flexibility index (Phi) is 4.13. The lowest BCUT2D eigenvalue weighted by Gasteiger charge is -2.13. The van der Waals surface area contributed by atoms with Gasteiger partial charge in [-0.05, 0) is 0 Å². The van der Waals surface area contributed by atoms with Crippen molar-refractivity contribution in [3.8, 4) is 0 Å². The highest BCUT2D eigenvalue weighted by Gasteiger charge is 2.36. The van der Waals surface area contributed by atoms with Crippen LogP contribution in [0.2, 0.25) is 0 Å². The van der Waals surface area contributed by atoms with Crippen LogP contribution in [0.25, 0.3) is 0 Å². The molecule has 7 heteroatoms. The van der Waals surface area contributed by atoms with Crippen molar-refractivity contribution in [2.45, 2.75) is 6.18 Å². The predicted molar refractivity (Wildman–Crippen MR) is 37.8 cm³/mol. The number of allylic oxidation sites excluding steroid dienone is 1. The first kappa shape index (κ1) is 12.5. The Morgan fingerprint density at radius 1 is 1.43 bits per heavy atom. The average Bonchev–Trinajstić information content (AvgIpc) is 1.96. The van der Waals surface area contributed by atoms with Gasteiger partial charge >= 0.3 is 6.18 Å². The fourth-order valence-electron chi connectivity index (χ4n) is 0.546. The Labute approximate surface area is 77.6 Å². The summed E-state index contributed by atoms with van der Waals surface area (Å²) < 4.78 is 34.8. The van der Waals surface area contributed by atoms with E-state index in [4.69, 9.17) is 0 Å². The van der Waals surface area contributed by atoms with E-state index in [0.29, 0.717) is 0 Å². The number of nitrogens with zero attached hydrogens (tertiary/aromatic N) is 1. The van der Waals surface area contributed by atoms with Crippen molar-refractivity contribution in [2.24, 2.45) is 0 Å². The molecule has 0 N–H and O–H groups in total. The number of halogens is 3. The van der Waals surface area contributed by atoms with Crippen molar-refractivity contribution in [3.05, 3.63) is 12.3 Å². The highest BCUT2D eigenvalue weighted by Crippen LogP contribution is 2.16. The Balaban J connectivity index is 4.18. The molecule has 0 bridgehead atoms. The summed E-state index contributed by atoms with van der Waals surface area (Å²) in [7, 11) is 1.20. The van der Waals surface area contributed by atoms with Gasteiger partial charge in [-0.15, -0.1) is 0 Å². The Morgan fingerprint density at radius 2 is 1.93 bits per heavy atom. The molecule has 0 rings (SSSR count). The normalized spacial score (nSPS) is 11.7. The summed E-state index contributed by atoms with van der Waals surface area (Å²) in [5.41, 5.74) is 0. The van der Waals surface area contributed by atoms with Crippen LogP contribution in [0, 0.1) is 0 Å². The Hall–Kier alpha value is -1.53. The zero-order valence-electron chi connectivity index (χ0n) is 7.17. The molecule has 0 aliphatic carbocycles.